The Labute approximate surface area is 204 Å². The van der Waals surface area contributed by atoms with E-state index in [-0.39, 0.29) is 29.7 Å². The summed E-state index contributed by atoms with van der Waals surface area (Å²) in [6.07, 6.45) is 0.241. The molecule has 34 heavy (non-hydrogen) atoms. The standard InChI is InChI=1S/C26H29ClN4O3/c1-17(2)24(30-14-13-29(18(3)32)12-11-23(30)33)25-28-22-15-20(27)9-10-21(22)26(34)31(25)16-19-7-5-4-6-8-19/h4-10,15,17,24H,11-14,16H2,1-3H3. The van der Waals surface area contributed by atoms with Crippen molar-refractivity contribution in [1.82, 2.24) is 19.4 Å². The van der Waals surface area contributed by atoms with Crippen molar-refractivity contribution in [2.45, 2.75) is 39.8 Å². The number of hydrogen-bond donors (Lipinski definition) is 0. The van der Waals surface area contributed by atoms with E-state index in [0.717, 1.165) is 5.56 Å². The first kappa shape index (κ1) is 24.0. The van der Waals surface area contributed by atoms with Crippen molar-refractivity contribution in [1.29, 1.82) is 0 Å². The molecular formula is C26H29ClN4O3. The molecule has 0 spiro atoms. The quantitative estimate of drug-likeness (QED) is 0.555. The van der Waals surface area contributed by atoms with Crippen LogP contribution in [0.15, 0.2) is 53.3 Å². The Morgan fingerprint density at radius 2 is 1.79 bits per heavy atom. The maximum Gasteiger partial charge on any atom is 0.261 e. The van der Waals surface area contributed by atoms with Crippen LogP contribution in [-0.2, 0) is 16.1 Å². The van der Waals surface area contributed by atoms with E-state index in [1.54, 1.807) is 32.6 Å². The molecular weight excluding hydrogens is 452 g/mol. The highest BCUT2D eigenvalue weighted by Crippen LogP contribution is 2.30. The fraction of sp³-hybridized carbons (Fsp3) is 0.385. The number of aromatic nitrogens is 2. The van der Waals surface area contributed by atoms with Gasteiger partial charge in [0.15, 0.2) is 0 Å². The third kappa shape index (κ3) is 4.85. The molecule has 1 unspecified atom stereocenters. The van der Waals surface area contributed by atoms with Crippen LogP contribution in [0.1, 0.15) is 44.6 Å². The molecule has 1 fully saturated rings. The molecule has 0 aliphatic carbocycles. The molecule has 0 N–H and O–H groups in total. The summed E-state index contributed by atoms with van der Waals surface area (Å²) in [7, 11) is 0. The number of halogens is 1. The molecule has 3 aromatic rings. The Kier molecular flexibility index (Phi) is 7.03. The number of rotatable bonds is 5. The highest BCUT2D eigenvalue weighted by Gasteiger charge is 2.34. The minimum absolute atomic E-state index is 0.0154. The molecule has 0 radical (unpaired) electrons. The van der Waals surface area contributed by atoms with Crippen molar-refractivity contribution >= 4 is 34.3 Å². The van der Waals surface area contributed by atoms with E-state index < -0.39 is 6.04 Å². The van der Waals surface area contributed by atoms with Gasteiger partial charge in [-0.2, -0.15) is 0 Å². The van der Waals surface area contributed by atoms with Crippen molar-refractivity contribution in [3.63, 3.8) is 0 Å². The first-order chi connectivity index (χ1) is 16.3. The molecule has 2 amide bonds. The molecule has 1 atom stereocenters. The lowest BCUT2D eigenvalue weighted by molar-refractivity contribution is -0.134. The third-order valence-corrected chi connectivity index (χ3v) is 6.57. The molecule has 1 aromatic heterocycles. The summed E-state index contributed by atoms with van der Waals surface area (Å²) in [5, 5.41) is 0.978. The zero-order valence-corrected chi connectivity index (χ0v) is 20.5. The van der Waals surface area contributed by atoms with Crippen LogP contribution < -0.4 is 5.56 Å². The molecule has 2 aromatic carbocycles. The van der Waals surface area contributed by atoms with E-state index >= 15 is 0 Å². The van der Waals surface area contributed by atoms with Gasteiger partial charge in [-0.1, -0.05) is 55.8 Å². The van der Waals surface area contributed by atoms with Crippen LogP contribution in [0.4, 0.5) is 0 Å². The lowest BCUT2D eigenvalue weighted by atomic mass is 10.00. The van der Waals surface area contributed by atoms with Gasteiger partial charge in [-0.15, -0.1) is 0 Å². The number of hydrogen-bond acceptors (Lipinski definition) is 4. The Balaban J connectivity index is 1.88. The number of amides is 2. The largest absolute Gasteiger partial charge is 0.341 e. The van der Waals surface area contributed by atoms with Crippen LogP contribution in [0.2, 0.25) is 5.02 Å². The first-order valence-electron chi connectivity index (χ1n) is 11.5. The SMILES string of the molecule is CC(=O)N1CCC(=O)N(C(c2nc3cc(Cl)ccc3c(=O)n2Cc2ccccc2)C(C)C)CC1. The fourth-order valence-electron chi connectivity index (χ4n) is 4.60. The summed E-state index contributed by atoms with van der Waals surface area (Å²) < 4.78 is 1.68. The van der Waals surface area contributed by atoms with Gasteiger partial charge in [-0.25, -0.2) is 4.98 Å². The highest BCUT2D eigenvalue weighted by molar-refractivity contribution is 6.31. The number of benzene rings is 2. The summed E-state index contributed by atoms with van der Waals surface area (Å²) in [4.78, 5) is 47.3. The lowest BCUT2D eigenvalue weighted by Gasteiger charge is -2.34. The monoisotopic (exact) mass is 480 g/mol. The summed E-state index contributed by atoms with van der Waals surface area (Å²) in [6.45, 7) is 7.13. The van der Waals surface area contributed by atoms with Gasteiger partial charge < -0.3 is 9.80 Å². The Hall–Kier alpha value is -3.19. The highest BCUT2D eigenvalue weighted by atomic mass is 35.5. The zero-order chi connectivity index (χ0) is 24.4. The van der Waals surface area contributed by atoms with Crippen molar-refractivity contribution < 1.29 is 9.59 Å². The van der Waals surface area contributed by atoms with Gasteiger partial charge in [-0.05, 0) is 29.7 Å². The molecule has 178 valence electrons. The minimum Gasteiger partial charge on any atom is -0.341 e. The number of nitrogens with zero attached hydrogens (tertiary/aromatic N) is 4. The van der Waals surface area contributed by atoms with Crippen LogP contribution in [0.5, 0.6) is 0 Å². The second-order valence-corrected chi connectivity index (χ2v) is 9.48. The number of carbonyl (C=O) groups is 2. The molecule has 0 bridgehead atoms. The molecule has 1 aliphatic rings. The van der Waals surface area contributed by atoms with Crippen LogP contribution in [0.3, 0.4) is 0 Å². The average Bonchev–Trinajstić information content (AvgIpc) is 2.99. The second-order valence-electron chi connectivity index (χ2n) is 9.04. The van der Waals surface area contributed by atoms with Gasteiger partial charge in [0.1, 0.15) is 5.82 Å². The molecule has 4 rings (SSSR count). The predicted octanol–water partition coefficient (Wildman–Crippen LogP) is 3.88. The summed E-state index contributed by atoms with van der Waals surface area (Å²) in [5.74, 6) is 0.422. The summed E-state index contributed by atoms with van der Waals surface area (Å²) >= 11 is 6.22. The minimum atomic E-state index is -0.431. The number of fused-ring (bicyclic) bond motifs is 1. The van der Waals surface area contributed by atoms with Crippen molar-refractivity contribution in [3.8, 4) is 0 Å². The Morgan fingerprint density at radius 1 is 1.06 bits per heavy atom. The maximum atomic E-state index is 13.7. The topological polar surface area (TPSA) is 75.5 Å². The lowest BCUT2D eigenvalue weighted by Crippen LogP contribution is -2.42. The summed E-state index contributed by atoms with van der Waals surface area (Å²) in [6, 6.07) is 14.4. The molecule has 0 saturated carbocycles. The van der Waals surface area contributed by atoms with Gasteiger partial charge in [-0.3, -0.25) is 19.0 Å². The first-order valence-corrected chi connectivity index (χ1v) is 11.9. The van der Waals surface area contributed by atoms with Crippen LogP contribution in [0, 0.1) is 5.92 Å². The maximum absolute atomic E-state index is 13.7. The van der Waals surface area contributed by atoms with Gasteiger partial charge >= 0.3 is 0 Å². The average molecular weight is 481 g/mol. The molecule has 7 nitrogen and oxygen atoms in total. The van der Waals surface area contributed by atoms with Crippen molar-refractivity contribution in [2.24, 2.45) is 5.92 Å². The van der Waals surface area contributed by atoms with E-state index in [0.29, 0.717) is 47.9 Å². The molecule has 1 aliphatic heterocycles. The number of carbonyl (C=O) groups excluding carboxylic acids is 2. The van der Waals surface area contributed by atoms with Crippen LogP contribution >= 0.6 is 11.6 Å². The molecule has 2 heterocycles. The summed E-state index contributed by atoms with van der Waals surface area (Å²) in [5.41, 5.74) is 1.31. The van der Waals surface area contributed by atoms with Gasteiger partial charge in [0.05, 0.1) is 23.5 Å². The van der Waals surface area contributed by atoms with Gasteiger partial charge in [0.25, 0.3) is 5.56 Å². The second kappa shape index (κ2) is 9.97. The van der Waals surface area contributed by atoms with Gasteiger partial charge in [0.2, 0.25) is 11.8 Å². The van der Waals surface area contributed by atoms with Crippen molar-refractivity contribution in [3.05, 3.63) is 75.3 Å². The van der Waals surface area contributed by atoms with E-state index in [4.69, 9.17) is 16.6 Å². The smallest absolute Gasteiger partial charge is 0.261 e. The Bertz CT molecular complexity index is 1270. The molecule has 1 saturated heterocycles. The van der Waals surface area contributed by atoms with E-state index in [1.165, 1.54) is 6.92 Å². The van der Waals surface area contributed by atoms with E-state index in [2.05, 4.69) is 0 Å². The van der Waals surface area contributed by atoms with Crippen LogP contribution in [-0.4, -0.2) is 50.8 Å². The van der Waals surface area contributed by atoms with Gasteiger partial charge in [0, 0.05) is 38.0 Å². The van der Waals surface area contributed by atoms with E-state index in [9.17, 15) is 14.4 Å². The predicted molar refractivity (Wildman–Crippen MR) is 133 cm³/mol. The normalized spacial score (nSPS) is 15.6. The zero-order valence-electron chi connectivity index (χ0n) is 19.7. The Morgan fingerprint density at radius 3 is 2.47 bits per heavy atom. The fourth-order valence-corrected chi connectivity index (χ4v) is 4.77. The van der Waals surface area contributed by atoms with E-state index in [1.807, 2.05) is 44.2 Å². The van der Waals surface area contributed by atoms with Crippen LogP contribution in [0.25, 0.3) is 10.9 Å². The molecule has 8 heteroatoms. The third-order valence-electron chi connectivity index (χ3n) is 6.33. The van der Waals surface area contributed by atoms with Crippen molar-refractivity contribution in [2.75, 3.05) is 19.6 Å².